The molecule has 0 unspecified atom stereocenters. The van der Waals surface area contributed by atoms with Crippen LogP contribution in [0.25, 0.3) is 0 Å². The van der Waals surface area contributed by atoms with Gasteiger partial charge in [-0.2, -0.15) is 0 Å². The molecule has 5 nitrogen and oxygen atoms in total. The number of benzene rings is 2. The number of methoxy groups -OCH3 is 1. The van der Waals surface area contributed by atoms with Crippen LogP contribution in [0.5, 0.6) is 5.75 Å². The first-order valence-electron chi connectivity index (χ1n) is 8.75. The number of nitrogens with zero attached hydrogens (tertiary/aromatic N) is 1. The molecule has 0 radical (unpaired) electrons. The Morgan fingerprint density at radius 2 is 1.89 bits per heavy atom. The van der Waals surface area contributed by atoms with Gasteiger partial charge in [0.05, 0.1) is 17.8 Å². The first-order valence-corrected chi connectivity index (χ1v) is 9.13. The predicted molar refractivity (Wildman–Crippen MR) is 108 cm³/mol. The van der Waals surface area contributed by atoms with E-state index in [1.54, 1.807) is 12.0 Å². The number of halogens is 1. The van der Waals surface area contributed by atoms with Gasteiger partial charge >= 0.3 is 0 Å². The minimum atomic E-state index is -0.185. The van der Waals surface area contributed by atoms with Gasteiger partial charge < -0.3 is 15.0 Å². The van der Waals surface area contributed by atoms with Crippen LogP contribution in [0.15, 0.2) is 36.4 Å². The lowest BCUT2D eigenvalue weighted by Gasteiger charge is -2.22. The molecule has 0 aliphatic rings. The third-order valence-electron chi connectivity index (χ3n) is 4.30. The summed E-state index contributed by atoms with van der Waals surface area (Å²) in [6.07, 6.45) is 0.179. The highest BCUT2D eigenvalue weighted by molar-refractivity contribution is 6.34. The Morgan fingerprint density at radius 1 is 1.19 bits per heavy atom. The molecule has 0 aliphatic carbocycles. The van der Waals surface area contributed by atoms with Gasteiger partial charge in [0.2, 0.25) is 11.8 Å². The van der Waals surface area contributed by atoms with E-state index in [2.05, 4.69) is 5.32 Å². The van der Waals surface area contributed by atoms with Crippen molar-refractivity contribution in [2.24, 2.45) is 0 Å². The van der Waals surface area contributed by atoms with Crippen molar-refractivity contribution in [2.75, 3.05) is 19.0 Å². The SMILES string of the molecule is COc1ccccc1CN(CCC(=O)Nc1c(C)cc(C)cc1Cl)C(C)=O. The number of carbonyl (C=O) groups excluding carboxylic acids is 2. The minimum Gasteiger partial charge on any atom is -0.496 e. The van der Waals surface area contributed by atoms with Crippen LogP contribution in [0.2, 0.25) is 5.02 Å². The molecule has 0 heterocycles. The van der Waals surface area contributed by atoms with E-state index in [1.807, 2.05) is 50.2 Å². The summed E-state index contributed by atoms with van der Waals surface area (Å²) in [6.45, 7) is 6.04. The van der Waals surface area contributed by atoms with E-state index >= 15 is 0 Å². The summed E-state index contributed by atoms with van der Waals surface area (Å²) in [5, 5.41) is 3.37. The lowest BCUT2D eigenvalue weighted by Crippen LogP contribution is -2.31. The molecule has 2 aromatic rings. The molecule has 0 aromatic heterocycles. The molecule has 144 valence electrons. The number of hydrogen-bond donors (Lipinski definition) is 1. The second-order valence-corrected chi connectivity index (χ2v) is 6.90. The standard InChI is InChI=1S/C21H25ClN2O3/c1-14-11-15(2)21(18(22)12-14)23-20(26)9-10-24(16(3)25)13-17-7-5-6-8-19(17)27-4/h5-8,11-12H,9-10,13H2,1-4H3,(H,23,26). The number of nitrogens with one attached hydrogen (secondary N) is 1. The van der Waals surface area contributed by atoms with Gasteiger partial charge in [-0.15, -0.1) is 0 Å². The van der Waals surface area contributed by atoms with Gasteiger partial charge in [-0.25, -0.2) is 0 Å². The van der Waals surface area contributed by atoms with E-state index in [-0.39, 0.29) is 18.2 Å². The number of carbonyl (C=O) groups is 2. The molecule has 2 rings (SSSR count). The zero-order valence-electron chi connectivity index (χ0n) is 16.1. The van der Waals surface area contributed by atoms with Crippen molar-refractivity contribution in [1.29, 1.82) is 0 Å². The van der Waals surface area contributed by atoms with Gasteiger partial charge in [-0.05, 0) is 37.1 Å². The Kier molecular flexibility index (Phi) is 7.25. The molecule has 2 amide bonds. The Morgan fingerprint density at radius 3 is 2.52 bits per heavy atom. The van der Waals surface area contributed by atoms with Gasteiger partial charge in [0.1, 0.15) is 5.75 Å². The number of anilines is 1. The summed E-state index contributed by atoms with van der Waals surface area (Å²) in [5.74, 6) is 0.434. The zero-order valence-corrected chi connectivity index (χ0v) is 16.9. The predicted octanol–water partition coefficient (Wildman–Crippen LogP) is 4.34. The second-order valence-electron chi connectivity index (χ2n) is 6.49. The third-order valence-corrected chi connectivity index (χ3v) is 4.60. The summed E-state index contributed by atoms with van der Waals surface area (Å²) in [4.78, 5) is 26.0. The first kappa shape index (κ1) is 20.8. The van der Waals surface area contributed by atoms with E-state index < -0.39 is 0 Å². The number of amides is 2. The van der Waals surface area contributed by atoms with Crippen LogP contribution < -0.4 is 10.1 Å². The van der Waals surface area contributed by atoms with Gasteiger partial charge in [-0.1, -0.05) is 35.9 Å². The fourth-order valence-corrected chi connectivity index (χ4v) is 3.27. The van der Waals surface area contributed by atoms with Crippen LogP contribution in [-0.4, -0.2) is 30.4 Å². The fraction of sp³-hybridized carbons (Fsp3) is 0.333. The van der Waals surface area contributed by atoms with Crippen molar-refractivity contribution in [3.63, 3.8) is 0 Å². The molecular formula is C21H25ClN2O3. The normalized spacial score (nSPS) is 10.4. The molecule has 6 heteroatoms. The second kappa shape index (κ2) is 9.42. The largest absolute Gasteiger partial charge is 0.496 e. The molecule has 0 aliphatic heterocycles. The Balaban J connectivity index is 2.02. The minimum absolute atomic E-state index is 0.0988. The number of hydrogen-bond acceptors (Lipinski definition) is 3. The van der Waals surface area contributed by atoms with E-state index in [1.165, 1.54) is 6.92 Å². The maximum absolute atomic E-state index is 12.4. The summed E-state index contributed by atoms with van der Waals surface area (Å²) >= 11 is 6.24. The number of ether oxygens (including phenoxy) is 1. The van der Waals surface area contributed by atoms with E-state index in [0.717, 1.165) is 22.4 Å². The average Bonchev–Trinajstić information content (AvgIpc) is 2.61. The molecule has 0 fully saturated rings. The molecule has 2 aromatic carbocycles. The summed E-state index contributed by atoms with van der Waals surface area (Å²) in [5.41, 5.74) is 3.46. The summed E-state index contributed by atoms with van der Waals surface area (Å²) < 4.78 is 5.33. The Labute approximate surface area is 165 Å². The summed E-state index contributed by atoms with van der Waals surface area (Å²) in [6, 6.07) is 11.3. The van der Waals surface area contributed by atoms with Crippen LogP contribution >= 0.6 is 11.6 Å². The average molecular weight is 389 g/mol. The highest BCUT2D eigenvalue weighted by Gasteiger charge is 2.15. The van der Waals surface area contributed by atoms with Crippen molar-refractivity contribution < 1.29 is 14.3 Å². The van der Waals surface area contributed by atoms with Gasteiger partial charge in [0, 0.05) is 32.0 Å². The maximum atomic E-state index is 12.4. The fourth-order valence-electron chi connectivity index (χ4n) is 2.90. The lowest BCUT2D eigenvalue weighted by atomic mass is 10.1. The van der Waals surface area contributed by atoms with Crippen LogP contribution in [0.4, 0.5) is 5.69 Å². The Bertz CT molecular complexity index is 813. The van der Waals surface area contributed by atoms with Gasteiger partial charge in [-0.3, -0.25) is 9.59 Å². The molecule has 0 spiro atoms. The van der Waals surface area contributed by atoms with Crippen LogP contribution in [0, 0.1) is 13.8 Å². The van der Waals surface area contributed by atoms with Crippen LogP contribution in [0.1, 0.15) is 30.0 Å². The monoisotopic (exact) mass is 388 g/mol. The topological polar surface area (TPSA) is 58.6 Å². The molecule has 27 heavy (non-hydrogen) atoms. The Hall–Kier alpha value is -2.53. The summed E-state index contributed by atoms with van der Waals surface area (Å²) in [7, 11) is 1.60. The van der Waals surface area contributed by atoms with Crippen LogP contribution in [0.3, 0.4) is 0 Å². The van der Waals surface area contributed by atoms with Gasteiger partial charge in [0.15, 0.2) is 0 Å². The van der Waals surface area contributed by atoms with Crippen molar-refractivity contribution in [3.8, 4) is 5.75 Å². The third kappa shape index (κ3) is 5.73. The van der Waals surface area contributed by atoms with Gasteiger partial charge in [0.25, 0.3) is 0 Å². The van der Waals surface area contributed by atoms with E-state index in [9.17, 15) is 9.59 Å². The molecule has 0 atom stereocenters. The highest BCUT2D eigenvalue weighted by Crippen LogP contribution is 2.27. The molecule has 0 bridgehead atoms. The smallest absolute Gasteiger partial charge is 0.226 e. The molecular weight excluding hydrogens is 364 g/mol. The van der Waals surface area contributed by atoms with Crippen molar-refractivity contribution in [1.82, 2.24) is 4.90 Å². The number of aryl methyl sites for hydroxylation is 2. The van der Waals surface area contributed by atoms with Crippen molar-refractivity contribution >= 4 is 29.1 Å². The number of rotatable bonds is 7. The number of para-hydroxylation sites is 1. The maximum Gasteiger partial charge on any atom is 0.226 e. The first-order chi connectivity index (χ1) is 12.8. The lowest BCUT2D eigenvalue weighted by molar-refractivity contribution is -0.129. The molecule has 0 saturated carbocycles. The van der Waals surface area contributed by atoms with Crippen LogP contribution in [-0.2, 0) is 16.1 Å². The molecule has 1 N–H and O–H groups in total. The zero-order chi connectivity index (χ0) is 20.0. The van der Waals surface area contributed by atoms with E-state index in [4.69, 9.17) is 16.3 Å². The van der Waals surface area contributed by atoms with Crippen molar-refractivity contribution in [3.05, 3.63) is 58.1 Å². The molecule has 0 saturated heterocycles. The van der Waals surface area contributed by atoms with Crippen molar-refractivity contribution in [2.45, 2.75) is 33.7 Å². The highest BCUT2D eigenvalue weighted by atomic mass is 35.5. The van der Waals surface area contributed by atoms with E-state index in [0.29, 0.717) is 23.8 Å². The quantitative estimate of drug-likeness (QED) is 0.767.